The van der Waals surface area contributed by atoms with Crippen LogP contribution in [0.2, 0.25) is 0 Å². The molecule has 6 nitrogen and oxygen atoms in total. The normalized spacial score (nSPS) is 11.1. The Kier molecular flexibility index (Phi) is 3.39. The first kappa shape index (κ1) is 15.1. The molecule has 0 atom stereocenters. The summed E-state index contributed by atoms with van der Waals surface area (Å²) in [5.41, 5.74) is 4.22. The number of nitro benzene ring substituents is 1. The standard InChI is InChI=1S/C19H15N3O3/c1-11-4-6-14-15(9-11)21-19(20-14)18-8-7-17(25-18)13-5-3-12(2)10-16(13)22(23)24/h3-10H,1-2H3,(H,20,21). The lowest BCUT2D eigenvalue weighted by Crippen LogP contribution is -1.92. The summed E-state index contributed by atoms with van der Waals surface area (Å²) < 4.78 is 5.85. The molecule has 0 spiro atoms. The van der Waals surface area contributed by atoms with Crippen molar-refractivity contribution in [1.29, 1.82) is 0 Å². The zero-order chi connectivity index (χ0) is 17.6. The lowest BCUT2D eigenvalue weighted by atomic mass is 10.1. The highest BCUT2D eigenvalue weighted by molar-refractivity contribution is 5.80. The van der Waals surface area contributed by atoms with Gasteiger partial charge in [0.1, 0.15) is 5.76 Å². The van der Waals surface area contributed by atoms with E-state index in [9.17, 15) is 10.1 Å². The van der Waals surface area contributed by atoms with Crippen LogP contribution in [0.25, 0.3) is 33.9 Å². The molecule has 25 heavy (non-hydrogen) atoms. The van der Waals surface area contributed by atoms with Crippen LogP contribution in [0.5, 0.6) is 0 Å². The third kappa shape index (κ3) is 2.67. The van der Waals surface area contributed by atoms with Gasteiger partial charge in [-0.2, -0.15) is 0 Å². The van der Waals surface area contributed by atoms with E-state index in [1.54, 1.807) is 24.3 Å². The van der Waals surface area contributed by atoms with Crippen LogP contribution in [-0.4, -0.2) is 14.9 Å². The second-order valence-electron chi connectivity index (χ2n) is 6.05. The van der Waals surface area contributed by atoms with Crippen molar-refractivity contribution in [2.24, 2.45) is 0 Å². The summed E-state index contributed by atoms with van der Waals surface area (Å²) >= 11 is 0. The predicted octanol–water partition coefficient (Wildman–Crippen LogP) is 5.01. The van der Waals surface area contributed by atoms with Gasteiger partial charge < -0.3 is 9.40 Å². The average Bonchev–Trinajstić information content (AvgIpc) is 3.20. The van der Waals surface area contributed by atoms with E-state index >= 15 is 0 Å². The van der Waals surface area contributed by atoms with Crippen molar-refractivity contribution in [1.82, 2.24) is 9.97 Å². The summed E-state index contributed by atoms with van der Waals surface area (Å²) in [6, 6.07) is 14.5. The van der Waals surface area contributed by atoms with E-state index < -0.39 is 4.92 Å². The molecule has 4 rings (SSSR count). The van der Waals surface area contributed by atoms with E-state index in [2.05, 4.69) is 9.97 Å². The van der Waals surface area contributed by atoms with Crippen LogP contribution < -0.4 is 0 Å². The summed E-state index contributed by atoms with van der Waals surface area (Å²) in [5.74, 6) is 1.58. The number of rotatable bonds is 3. The van der Waals surface area contributed by atoms with Gasteiger partial charge in [-0.05, 0) is 55.3 Å². The zero-order valence-corrected chi connectivity index (χ0v) is 13.7. The molecule has 1 N–H and O–H groups in total. The van der Waals surface area contributed by atoms with Gasteiger partial charge in [0.25, 0.3) is 5.69 Å². The van der Waals surface area contributed by atoms with Gasteiger partial charge in [0, 0.05) is 6.07 Å². The number of imidazole rings is 1. The van der Waals surface area contributed by atoms with E-state index in [0.717, 1.165) is 22.2 Å². The lowest BCUT2D eigenvalue weighted by Gasteiger charge is -2.01. The second kappa shape index (κ2) is 5.59. The SMILES string of the molecule is Cc1ccc(-c2ccc(-c3nc4ccc(C)cc4[nH]3)o2)c([N+](=O)[O-])c1. The molecule has 0 radical (unpaired) electrons. The number of H-pyrrole nitrogens is 1. The van der Waals surface area contributed by atoms with Gasteiger partial charge in [-0.3, -0.25) is 10.1 Å². The van der Waals surface area contributed by atoms with Crippen molar-refractivity contribution in [3.63, 3.8) is 0 Å². The first-order valence-electron chi connectivity index (χ1n) is 7.83. The van der Waals surface area contributed by atoms with Crippen molar-refractivity contribution in [2.45, 2.75) is 13.8 Å². The Bertz CT molecular complexity index is 1110. The van der Waals surface area contributed by atoms with Gasteiger partial charge in [0.2, 0.25) is 0 Å². The smallest absolute Gasteiger partial charge is 0.280 e. The van der Waals surface area contributed by atoms with Gasteiger partial charge in [-0.1, -0.05) is 12.1 Å². The molecular weight excluding hydrogens is 318 g/mol. The molecule has 0 bridgehead atoms. The third-order valence-electron chi connectivity index (χ3n) is 4.09. The van der Waals surface area contributed by atoms with Crippen LogP contribution in [0.4, 0.5) is 5.69 Å². The predicted molar refractivity (Wildman–Crippen MR) is 95.4 cm³/mol. The molecule has 2 aromatic heterocycles. The molecule has 0 aliphatic heterocycles. The molecule has 0 fully saturated rings. The zero-order valence-electron chi connectivity index (χ0n) is 13.7. The Morgan fingerprint density at radius 3 is 2.52 bits per heavy atom. The molecule has 4 aromatic rings. The van der Waals surface area contributed by atoms with Gasteiger partial charge in [0.05, 0.1) is 21.5 Å². The van der Waals surface area contributed by atoms with Crippen molar-refractivity contribution in [3.8, 4) is 22.9 Å². The molecule has 0 aliphatic carbocycles. The molecule has 0 aliphatic rings. The molecule has 0 saturated carbocycles. The van der Waals surface area contributed by atoms with Crippen molar-refractivity contribution in [3.05, 3.63) is 69.8 Å². The minimum absolute atomic E-state index is 0.0288. The summed E-state index contributed by atoms with van der Waals surface area (Å²) in [4.78, 5) is 18.7. The van der Waals surface area contributed by atoms with Crippen LogP contribution in [0.3, 0.4) is 0 Å². The Morgan fingerprint density at radius 2 is 1.72 bits per heavy atom. The number of aromatic nitrogens is 2. The van der Waals surface area contributed by atoms with E-state index in [0.29, 0.717) is 22.9 Å². The van der Waals surface area contributed by atoms with E-state index in [1.165, 1.54) is 0 Å². The quantitative estimate of drug-likeness (QED) is 0.421. The van der Waals surface area contributed by atoms with Gasteiger partial charge in [-0.15, -0.1) is 0 Å². The Morgan fingerprint density at radius 1 is 1.00 bits per heavy atom. The maximum Gasteiger partial charge on any atom is 0.280 e. The highest BCUT2D eigenvalue weighted by atomic mass is 16.6. The molecule has 6 heteroatoms. The van der Waals surface area contributed by atoms with Gasteiger partial charge in [-0.25, -0.2) is 4.98 Å². The number of nitrogens with one attached hydrogen (secondary N) is 1. The third-order valence-corrected chi connectivity index (χ3v) is 4.09. The van der Waals surface area contributed by atoms with Gasteiger partial charge in [0.15, 0.2) is 11.6 Å². The first-order valence-corrected chi connectivity index (χ1v) is 7.83. The maximum absolute atomic E-state index is 11.3. The number of nitro groups is 1. The molecule has 0 amide bonds. The first-order chi connectivity index (χ1) is 12.0. The summed E-state index contributed by atoms with van der Waals surface area (Å²) in [5, 5.41) is 11.3. The van der Waals surface area contributed by atoms with Crippen LogP contribution in [-0.2, 0) is 0 Å². The van der Waals surface area contributed by atoms with Crippen molar-refractivity contribution in [2.75, 3.05) is 0 Å². The second-order valence-corrected chi connectivity index (χ2v) is 6.05. The number of hydrogen-bond acceptors (Lipinski definition) is 4. The molecular formula is C19H15N3O3. The van der Waals surface area contributed by atoms with Crippen molar-refractivity contribution < 1.29 is 9.34 Å². The molecule has 0 saturated heterocycles. The maximum atomic E-state index is 11.3. The monoisotopic (exact) mass is 333 g/mol. The van der Waals surface area contributed by atoms with E-state index in [1.807, 2.05) is 38.1 Å². The number of furan rings is 1. The Labute approximate surface area is 143 Å². The Balaban J connectivity index is 1.78. The topological polar surface area (TPSA) is 85.0 Å². The number of fused-ring (bicyclic) bond motifs is 1. The van der Waals surface area contributed by atoms with Crippen molar-refractivity contribution >= 4 is 16.7 Å². The molecule has 124 valence electrons. The number of benzene rings is 2. The number of nitrogens with zero attached hydrogens (tertiary/aromatic N) is 2. The van der Waals surface area contributed by atoms with Crippen LogP contribution >= 0.6 is 0 Å². The molecule has 0 unspecified atom stereocenters. The number of aryl methyl sites for hydroxylation is 2. The van der Waals surface area contributed by atoms with E-state index in [-0.39, 0.29) is 5.69 Å². The average molecular weight is 333 g/mol. The summed E-state index contributed by atoms with van der Waals surface area (Å²) in [7, 11) is 0. The highest BCUT2D eigenvalue weighted by Crippen LogP contribution is 2.34. The number of hydrogen-bond donors (Lipinski definition) is 1. The Hall–Kier alpha value is -3.41. The lowest BCUT2D eigenvalue weighted by molar-refractivity contribution is -0.384. The van der Waals surface area contributed by atoms with Gasteiger partial charge >= 0.3 is 0 Å². The minimum Gasteiger partial charge on any atom is -0.453 e. The molecule has 2 heterocycles. The highest BCUT2D eigenvalue weighted by Gasteiger charge is 2.19. The van der Waals surface area contributed by atoms with Crippen LogP contribution in [0, 0.1) is 24.0 Å². The fraction of sp³-hybridized carbons (Fsp3) is 0.105. The minimum atomic E-state index is -0.394. The van der Waals surface area contributed by atoms with E-state index in [4.69, 9.17) is 4.42 Å². The fourth-order valence-corrected chi connectivity index (χ4v) is 2.85. The summed E-state index contributed by atoms with van der Waals surface area (Å²) in [6.45, 7) is 3.84. The number of aromatic amines is 1. The largest absolute Gasteiger partial charge is 0.453 e. The van der Waals surface area contributed by atoms with Crippen LogP contribution in [0.15, 0.2) is 52.9 Å². The molecule has 2 aromatic carbocycles. The van der Waals surface area contributed by atoms with Crippen LogP contribution in [0.1, 0.15) is 11.1 Å². The summed E-state index contributed by atoms with van der Waals surface area (Å²) in [6.07, 6.45) is 0. The fourth-order valence-electron chi connectivity index (χ4n) is 2.85.